The van der Waals surface area contributed by atoms with Gasteiger partial charge in [0.15, 0.2) is 0 Å². The summed E-state index contributed by atoms with van der Waals surface area (Å²) in [6, 6.07) is 6.18. The summed E-state index contributed by atoms with van der Waals surface area (Å²) in [5, 5.41) is 0. The molecule has 0 aliphatic carbocycles. The van der Waals surface area contributed by atoms with Crippen molar-refractivity contribution in [2.75, 3.05) is 20.2 Å². The molecule has 0 amide bonds. The maximum absolute atomic E-state index is 12.7. The van der Waals surface area contributed by atoms with Crippen LogP contribution in [-0.4, -0.2) is 38.9 Å². The lowest BCUT2D eigenvalue weighted by molar-refractivity contribution is 0.0596. The molecule has 6 heteroatoms. The number of hydrogen-bond donors (Lipinski definition) is 0. The molecule has 1 aromatic rings. The van der Waals surface area contributed by atoms with Crippen molar-refractivity contribution >= 4 is 16.0 Å². The molecular weight excluding hydrogens is 278 g/mol. The first kappa shape index (κ1) is 15.0. The van der Waals surface area contributed by atoms with Gasteiger partial charge in [-0.1, -0.05) is 19.1 Å². The third-order valence-corrected chi connectivity index (χ3v) is 5.45. The second kappa shape index (κ2) is 5.93. The van der Waals surface area contributed by atoms with Crippen LogP contribution < -0.4 is 0 Å². The van der Waals surface area contributed by atoms with Gasteiger partial charge in [0.2, 0.25) is 10.0 Å². The molecule has 0 radical (unpaired) electrons. The van der Waals surface area contributed by atoms with Gasteiger partial charge in [-0.3, -0.25) is 0 Å². The van der Waals surface area contributed by atoms with Crippen LogP contribution in [0.3, 0.4) is 0 Å². The molecule has 110 valence electrons. The zero-order valence-corrected chi connectivity index (χ0v) is 12.5. The first-order chi connectivity index (χ1) is 9.46. The van der Waals surface area contributed by atoms with Crippen LogP contribution in [0.5, 0.6) is 0 Å². The summed E-state index contributed by atoms with van der Waals surface area (Å²) in [5.74, 6) is -0.293. The average Bonchev–Trinajstić information content (AvgIpc) is 2.46. The van der Waals surface area contributed by atoms with Crippen molar-refractivity contribution < 1.29 is 17.9 Å². The summed E-state index contributed by atoms with van der Waals surface area (Å²) in [7, 11) is -2.40. The lowest BCUT2D eigenvalue weighted by atomic mass is 10.0. The smallest absolute Gasteiger partial charge is 0.339 e. The molecule has 1 fully saturated rings. The molecule has 1 unspecified atom stereocenters. The van der Waals surface area contributed by atoms with E-state index in [1.54, 1.807) is 12.1 Å². The SMILES string of the molecule is COC(=O)c1ccccc1S(=O)(=O)N1CCCC(C)C1. The Labute approximate surface area is 119 Å². The van der Waals surface area contributed by atoms with Crippen LogP contribution in [0.4, 0.5) is 0 Å². The van der Waals surface area contributed by atoms with E-state index >= 15 is 0 Å². The van der Waals surface area contributed by atoms with Crippen molar-refractivity contribution in [2.24, 2.45) is 5.92 Å². The van der Waals surface area contributed by atoms with Gasteiger partial charge in [0.1, 0.15) is 0 Å². The van der Waals surface area contributed by atoms with Crippen molar-refractivity contribution in [3.05, 3.63) is 29.8 Å². The van der Waals surface area contributed by atoms with Gasteiger partial charge in [-0.15, -0.1) is 0 Å². The molecule has 1 aliphatic rings. The Bertz CT molecular complexity index is 597. The van der Waals surface area contributed by atoms with E-state index in [1.165, 1.54) is 23.5 Å². The first-order valence-corrected chi connectivity index (χ1v) is 8.08. The van der Waals surface area contributed by atoms with E-state index in [-0.39, 0.29) is 10.5 Å². The standard InChI is InChI=1S/C14H19NO4S/c1-11-6-5-9-15(10-11)20(17,18)13-8-4-3-7-12(13)14(16)19-2/h3-4,7-8,11H,5-6,9-10H2,1-2H3. The summed E-state index contributed by atoms with van der Waals surface area (Å²) >= 11 is 0. The number of rotatable bonds is 3. The van der Waals surface area contributed by atoms with Crippen molar-refractivity contribution in [1.29, 1.82) is 0 Å². The second-order valence-corrected chi connectivity index (χ2v) is 7.00. The van der Waals surface area contributed by atoms with E-state index in [0.717, 1.165) is 12.8 Å². The third kappa shape index (κ3) is 2.86. The van der Waals surface area contributed by atoms with Gasteiger partial charge < -0.3 is 4.74 Å². The minimum Gasteiger partial charge on any atom is -0.465 e. The van der Waals surface area contributed by atoms with E-state index in [4.69, 9.17) is 0 Å². The predicted octanol–water partition coefficient (Wildman–Crippen LogP) is 1.89. The quantitative estimate of drug-likeness (QED) is 0.799. The van der Waals surface area contributed by atoms with Gasteiger partial charge in [-0.05, 0) is 30.9 Å². The Morgan fingerprint density at radius 3 is 2.70 bits per heavy atom. The van der Waals surface area contributed by atoms with Crippen LogP contribution in [0.15, 0.2) is 29.2 Å². The molecule has 0 saturated carbocycles. The Morgan fingerprint density at radius 1 is 1.35 bits per heavy atom. The van der Waals surface area contributed by atoms with Crippen molar-refractivity contribution in [1.82, 2.24) is 4.31 Å². The first-order valence-electron chi connectivity index (χ1n) is 6.64. The second-order valence-electron chi connectivity index (χ2n) is 5.10. The van der Waals surface area contributed by atoms with E-state index in [2.05, 4.69) is 4.74 Å². The van der Waals surface area contributed by atoms with Crippen LogP contribution in [0, 0.1) is 5.92 Å². The molecule has 1 heterocycles. The monoisotopic (exact) mass is 297 g/mol. The molecule has 1 aliphatic heterocycles. The summed E-state index contributed by atoms with van der Waals surface area (Å²) in [6.45, 7) is 3.04. The number of benzene rings is 1. The molecule has 20 heavy (non-hydrogen) atoms. The molecule has 1 saturated heterocycles. The van der Waals surface area contributed by atoms with E-state index in [9.17, 15) is 13.2 Å². The Hall–Kier alpha value is -1.40. The number of methoxy groups -OCH3 is 1. The highest BCUT2D eigenvalue weighted by Gasteiger charge is 2.31. The molecule has 0 bridgehead atoms. The van der Waals surface area contributed by atoms with Crippen LogP contribution in [-0.2, 0) is 14.8 Å². The van der Waals surface area contributed by atoms with Crippen molar-refractivity contribution in [3.8, 4) is 0 Å². The number of esters is 1. The number of piperidine rings is 1. The topological polar surface area (TPSA) is 63.7 Å². The Morgan fingerprint density at radius 2 is 2.05 bits per heavy atom. The minimum atomic E-state index is -3.65. The highest BCUT2D eigenvalue weighted by atomic mass is 32.2. The zero-order chi connectivity index (χ0) is 14.8. The van der Waals surface area contributed by atoms with Crippen molar-refractivity contribution in [3.63, 3.8) is 0 Å². The average molecular weight is 297 g/mol. The summed E-state index contributed by atoms with van der Waals surface area (Å²) in [5.41, 5.74) is 0.0910. The van der Waals surface area contributed by atoms with E-state index in [0.29, 0.717) is 19.0 Å². The maximum atomic E-state index is 12.7. The molecule has 0 N–H and O–H groups in total. The predicted molar refractivity (Wildman–Crippen MR) is 74.9 cm³/mol. The minimum absolute atomic E-state index is 0.0287. The van der Waals surface area contributed by atoms with Crippen LogP contribution in [0.2, 0.25) is 0 Å². The largest absolute Gasteiger partial charge is 0.465 e. The van der Waals surface area contributed by atoms with Crippen LogP contribution in [0.25, 0.3) is 0 Å². The highest BCUT2D eigenvalue weighted by Crippen LogP contribution is 2.25. The lowest BCUT2D eigenvalue weighted by Crippen LogP contribution is -2.39. The lowest BCUT2D eigenvalue weighted by Gasteiger charge is -2.30. The van der Waals surface area contributed by atoms with Crippen LogP contribution in [0.1, 0.15) is 30.1 Å². The zero-order valence-electron chi connectivity index (χ0n) is 11.7. The highest BCUT2D eigenvalue weighted by molar-refractivity contribution is 7.89. The Balaban J connectivity index is 2.41. The number of nitrogens with zero attached hydrogens (tertiary/aromatic N) is 1. The van der Waals surface area contributed by atoms with E-state index < -0.39 is 16.0 Å². The summed E-state index contributed by atoms with van der Waals surface area (Å²) in [4.78, 5) is 11.8. The summed E-state index contributed by atoms with van der Waals surface area (Å²) < 4.78 is 31.5. The molecule has 1 aromatic carbocycles. The van der Waals surface area contributed by atoms with Gasteiger partial charge in [0, 0.05) is 13.1 Å². The van der Waals surface area contributed by atoms with Crippen LogP contribution >= 0.6 is 0 Å². The molecular formula is C14H19NO4S. The molecule has 2 rings (SSSR count). The van der Waals surface area contributed by atoms with Crippen molar-refractivity contribution in [2.45, 2.75) is 24.7 Å². The molecule has 0 spiro atoms. The van der Waals surface area contributed by atoms with Gasteiger partial charge >= 0.3 is 5.97 Å². The van der Waals surface area contributed by atoms with Gasteiger partial charge in [-0.2, -0.15) is 4.31 Å². The molecule has 0 aromatic heterocycles. The number of carbonyl (C=O) groups is 1. The summed E-state index contributed by atoms with van der Waals surface area (Å²) in [6.07, 6.45) is 1.88. The Kier molecular flexibility index (Phi) is 4.45. The maximum Gasteiger partial charge on any atom is 0.339 e. The van der Waals surface area contributed by atoms with E-state index in [1.807, 2.05) is 6.92 Å². The fraction of sp³-hybridized carbons (Fsp3) is 0.500. The molecule has 5 nitrogen and oxygen atoms in total. The normalized spacial score (nSPS) is 20.6. The van der Waals surface area contributed by atoms with Gasteiger partial charge in [0.05, 0.1) is 17.6 Å². The third-order valence-electron chi connectivity index (χ3n) is 3.53. The number of sulfonamides is 1. The fourth-order valence-corrected chi connectivity index (χ4v) is 4.25. The number of hydrogen-bond acceptors (Lipinski definition) is 4. The fourth-order valence-electron chi connectivity index (χ4n) is 2.47. The number of ether oxygens (including phenoxy) is 1. The number of carbonyl (C=O) groups excluding carboxylic acids is 1. The van der Waals surface area contributed by atoms with Gasteiger partial charge in [-0.25, -0.2) is 13.2 Å². The van der Waals surface area contributed by atoms with Gasteiger partial charge in [0.25, 0.3) is 0 Å². The molecule has 1 atom stereocenters.